The van der Waals surface area contributed by atoms with E-state index in [9.17, 15) is 9.90 Å². The van der Waals surface area contributed by atoms with Gasteiger partial charge in [-0.05, 0) is 57.7 Å². The van der Waals surface area contributed by atoms with Gasteiger partial charge in [-0.25, -0.2) is 4.79 Å². The van der Waals surface area contributed by atoms with Crippen molar-refractivity contribution in [1.82, 2.24) is 0 Å². The first kappa shape index (κ1) is 15.8. The average Bonchev–Trinajstić information content (AvgIpc) is 2.29. The first-order valence-corrected chi connectivity index (χ1v) is 7.48. The van der Waals surface area contributed by atoms with E-state index in [1.807, 2.05) is 39.8 Å². The maximum absolute atomic E-state index is 11.8. The largest absolute Gasteiger partial charge is 0.444 e. The lowest BCUT2D eigenvalue weighted by molar-refractivity contribution is 0.0635. The summed E-state index contributed by atoms with van der Waals surface area (Å²) in [5.41, 5.74) is 2.31. The molecule has 0 saturated heterocycles. The molecule has 1 amide bonds. The molecule has 2 rings (SSSR count). The van der Waals surface area contributed by atoms with Gasteiger partial charge in [0.25, 0.3) is 0 Å². The molecule has 21 heavy (non-hydrogen) atoms. The molecular formula is C17H25NO3. The molecule has 0 spiro atoms. The van der Waals surface area contributed by atoms with Crippen LogP contribution in [-0.2, 0) is 10.2 Å². The molecule has 1 aromatic carbocycles. The summed E-state index contributed by atoms with van der Waals surface area (Å²) in [5, 5.41) is 12.4. The molecule has 0 aliphatic heterocycles. The van der Waals surface area contributed by atoms with Gasteiger partial charge in [0.1, 0.15) is 5.60 Å². The summed E-state index contributed by atoms with van der Waals surface area (Å²) in [7, 11) is 0. The van der Waals surface area contributed by atoms with Crippen LogP contribution in [0.25, 0.3) is 0 Å². The molecule has 1 fully saturated rings. The Morgan fingerprint density at radius 2 is 2.05 bits per heavy atom. The van der Waals surface area contributed by atoms with Crippen LogP contribution in [0.2, 0.25) is 0 Å². The summed E-state index contributed by atoms with van der Waals surface area (Å²) in [6, 6.07) is 5.95. The van der Waals surface area contributed by atoms with Gasteiger partial charge in [0.05, 0.1) is 6.61 Å². The van der Waals surface area contributed by atoms with E-state index in [-0.39, 0.29) is 12.0 Å². The summed E-state index contributed by atoms with van der Waals surface area (Å²) >= 11 is 0. The molecule has 1 saturated carbocycles. The van der Waals surface area contributed by atoms with Gasteiger partial charge in [-0.2, -0.15) is 0 Å². The predicted octanol–water partition coefficient (Wildman–Crippen LogP) is 3.76. The lowest BCUT2D eigenvalue weighted by atomic mass is 9.65. The van der Waals surface area contributed by atoms with Gasteiger partial charge in [-0.15, -0.1) is 0 Å². The molecule has 2 N–H and O–H groups in total. The fourth-order valence-corrected chi connectivity index (χ4v) is 2.69. The fourth-order valence-electron chi connectivity index (χ4n) is 2.69. The third-order valence-electron chi connectivity index (χ3n) is 4.09. The number of carbonyl (C=O) groups excluding carboxylic acids is 1. The monoisotopic (exact) mass is 291 g/mol. The van der Waals surface area contributed by atoms with Crippen molar-refractivity contribution in [3.05, 3.63) is 29.3 Å². The van der Waals surface area contributed by atoms with Gasteiger partial charge in [0.2, 0.25) is 0 Å². The van der Waals surface area contributed by atoms with E-state index in [0.29, 0.717) is 0 Å². The maximum atomic E-state index is 11.8. The van der Waals surface area contributed by atoms with Crippen LogP contribution in [0.4, 0.5) is 10.5 Å². The molecule has 0 aromatic heterocycles. The van der Waals surface area contributed by atoms with Crippen molar-refractivity contribution in [2.24, 2.45) is 0 Å². The summed E-state index contributed by atoms with van der Waals surface area (Å²) < 4.78 is 5.26. The maximum Gasteiger partial charge on any atom is 0.412 e. The minimum atomic E-state index is -0.509. The molecule has 0 atom stereocenters. The van der Waals surface area contributed by atoms with E-state index >= 15 is 0 Å². The number of hydrogen-bond acceptors (Lipinski definition) is 3. The van der Waals surface area contributed by atoms with Gasteiger partial charge in [0.15, 0.2) is 0 Å². The number of ether oxygens (including phenoxy) is 1. The molecular weight excluding hydrogens is 266 g/mol. The van der Waals surface area contributed by atoms with Gasteiger partial charge in [-0.3, -0.25) is 5.32 Å². The van der Waals surface area contributed by atoms with E-state index in [1.165, 1.54) is 0 Å². The van der Waals surface area contributed by atoms with E-state index in [4.69, 9.17) is 4.74 Å². The smallest absolute Gasteiger partial charge is 0.412 e. The molecule has 0 radical (unpaired) electrons. The van der Waals surface area contributed by atoms with Crippen LogP contribution in [0.1, 0.15) is 51.2 Å². The van der Waals surface area contributed by atoms with E-state index in [2.05, 4.69) is 11.4 Å². The molecule has 4 heteroatoms. The number of amides is 1. The lowest BCUT2D eigenvalue weighted by Gasteiger charge is -2.41. The van der Waals surface area contributed by atoms with Gasteiger partial charge in [0, 0.05) is 11.1 Å². The van der Waals surface area contributed by atoms with Gasteiger partial charge >= 0.3 is 6.09 Å². The number of carbonyl (C=O) groups is 1. The normalized spacial score (nSPS) is 17.0. The van der Waals surface area contributed by atoms with Crippen molar-refractivity contribution in [2.45, 2.75) is 58.0 Å². The Bertz CT molecular complexity index is 522. The molecule has 1 aliphatic carbocycles. The molecule has 0 unspecified atom stereocenters. The Kier molecular flexibility index (Phi) is 4.28. The Morgan fingerprint density at radius 3 is 2.48 bits per heavy atom. The van der Waals surface area contributed by atoms with Gasteiger partial charge in [-0.1, -0.05) is 18.6 Å². The highest BCUT2D eigenvalue weighted by atomic mass is 16.6. The predicted molar refractivity (Wildman–Crippen MR) is 83.7 cm³/mol. The zero-order valence-electron chi connectivity index (χ0n) is 13.3. The third-order valence-corrected chi connectivity index (χ3v) is 4.09. The van der Waals surface area contributed by atoms with Crippen molar-refractivity contribution in [3.63, 3.8) is 0 Å². The standard InChI is InChI=1S/C17H25NO3/c1-12-10-13(17(11-19)8-5-9-17)6-7-14(12)18-15(20)21-16(2,3)4/h6-7,10,19H,5,8-9,11H2,1-4H3,(H,18,20). The van der Waals surface area contributed by atoms with Crippen LogP contribution < -0.4 is 5.32 Å². The highest BCUT2D eigenvalue weighted by molar-refractivity contribution is 5.86. The topological polar surface area (TPSA) is 58.6 Å². The number of rotatable bonds is 3. The number of nitrogens with one attached hydrogen (secondary N) is 1. The van der Waals surface area contributed by atoms with Crippen molar-refractivity contribution in [3.8, 4) is 0 Å². The lowest BCUT2D eigenvalue weighted by Crippen LogP contribution is -2.38. The minimum Gasteiger partial charge on any atom is -0.444 e. The van der Waals surface area contributed by atoms with Crippen LogP contribution in [-0.4, -0.2) is 23.4 Å². The molecule has 0 bridgehead atoms. The van der Waals surface area contributed by atoms with Crippen LogP contribution in [0.15, 0.2) is 18.2 Å². The van der Waals surface area contributed by atoms with E-state index < -0.39 is 11.7 Å². The van der Waals surface area contributed by atoms with Crippen LogP contribution in [0, 0.1) is 6.92 Å². The summed E-state index contributed by atoms with van der Waals surface area (Å²) in [6.45, 7) is 7.66. The second kappa shape index (κ2) is 5.68. The van der Waals surface area contributed by atoms with E-state index in [1.54, 1.807) is 0 Å². The first-order valence-electron chi connectivity index (χ1n) is 7.48. The zero-order chi connectivity index (χ0) is 15.7. The highest BCUT2D eigenvalue weighted by Gasteiger charge is 2.38. The quantitative estimate of drug-likeness (QED) is 0.891. The second-order valence-electron chi connectivity index (χ2n) is 6.95. The third kappa shape index (κ3) is 3.56. The SMILES string of the molecule is Cc1cc(C2(CO)CCC2)ccc1NC(=O)OC(C)(C)C. The number of anilines is 1. The zero-order valence-corrected chi connectivity index (χ0v) is 13.3. The molecule has 1 aliphatic rings. The van der Waals surface area contributed by atoms with Crippen LogP contribution >= 0.6 is 0 Å². The van der Waals surface area contributed by atoms with Crippen molar-refractivity contribution in [2.75, 3.05) is 11.9 Å². The fraction of sp³-hybridized carbons (Fsp3) is 0.588. The second-order valence-corrected chi connectivity index (χ2v) is 6.95. The van der Waals surface area contributed by atoms with Gasteiger partial charge < -0.3 is 9.84 Å². The summed E-state index contributed by atoms with van der Waals surface area (Å²) in [5.74, 6) is 0. The number of aliphatic hydroxyl groups excluding tert-OH is 1. The number of hydrogen-bond donors (Lipinski definition) is 2. The molecule has 116 valence electrons. The highest BCUT2D eigenvalue weighted by Crippen LogP contribution is 2.43. The van der Waals surface area contributed by atoms with Crippen molar-refractivity contribution in [1.29, 1.82) is 0 Å². The number of aliphatic hydroxyl groups is 1. The van der Waals surface area contributed by atoms with Crippen LogP contribution in [0.5, 0.6) is 0 Å². The molecule has 1 aromatic rings. The van der Waals surface area contributed by atoms with Crippen molar-refractivity contribution < 1.29 is 14.6 Å². The molecule has 0 heterocycles. The minimum absolute atomic E-state index is 0.0742. The Hall–Kier alpha value is -1.55. The number of benzene rings is 1. The summed E-state index contributed by atoms with van der Waals surface area (Å²) in [6.07, 6.45) is 2.78. The van der Waals surface area contributed by atoms with E-state index in [0.717, 1.165) is 36.1 Å². The molecule has 4 nitrogen and oxygen atoms in total. The first-order chi connectivity index (χ1) is 9.76. The van der Waals surface area contributed by atoms with Crippen molar-refractivity contribution >= 4 is 11.8 Å². The number of aryl methyl sites for hydroxylation is 1. The Labute approximate surface area is 126 Å². The Morgan fingerprint density at radius 1 is 1.38 bits per heavy atom. The average molecular weight is 291 g/mol. The summed E-state index contributed by atoms with van der Waals surface area (Å²) in [4.78, 5) is 11.8. The Balaban J connectivity index is 2.11. The van der Waals surface area contributed by atoms with Crippen LogP contribution in [0.3, 0.4) is 0 Å².